The van der Waals surface area contributed by atoms with E-state index in [0.717, 1.165) is 12.8 Å². The molecule has 0 atom stereocenters. The standard InChI is InChI=1S/C10H20N2O3/c1-11(2)9(13)12-7-5-10(14-3,15-4)6-8-12/h5-8H2,1-4H3. The van der Waals surface area contributed by atoms with Gasteiger partial charge in [0.05, 0.1) is 0 Å². The Hall–Kier alpha value is -0.810. The van der Waals surface area contributed by atoms with Gasteiger partial charge in [0, 0.05) is 54.2 Å². The van der Waals surface area contributed by atoms with Crippen LogP contribution in [0.3, 0.4) is 0 Å². The minimum Gasteiger partial charge on any atom is -0.353 e. The Balaban J connectivity index is 2.52. The molecule has 0 aliphatic carbocycles. The molecule has 0 unspecified atom stereocenters. The van der Waals surface area contributed by atoms with Crippen LogP contribution in [0.4, 0.5) is 4.79 Å². The number of carbonyl (C=O) groups is 1. The molecular weight excluding hydrogens is 196 g/mol. The largest absolute Gasteiger partial charge is 0.353 e. The highest BCUT2D eigenvalue weighted by Gasteiger charge is 2.36. The molecule has 1 aliphatic heterocycles. The van der Waals surface area contributed by atoms with E-state index in [2.05, 4.69) is 0 Å². The predicted molar refractivity (Wildman–Crippen MR) is 56.6 cm³/mol. The molecule has 0 spiro atoms. The summed E-state index contributed by atoms with van der Waals surface area (Å²) in [5.41, 5.74) is 0. The van der Waals surface area contributed by atoms with Crippen molar-refractivity contribution in [2.24, 2.45) is 0 Å². The maximum absolute atomic E-state index is 11.7. The zero-order valence-electron chi connectivity index (χ0n) is 9.95. The second-order valence-electron chi connectivity index (χ2n) is 3.98. The van der Waals surface area contributed by atoms with Gasteiger partial charge in [-0.2, -0.15) is 0 Å². The van der Waals surface area contributed by atoms with Gasteiger partial charge in [-0.25, -0.2) is 4.79 Å². The van der Waals surface area contributed by atoms with E-state index in [1.165, 1.54) is 0 Å². The Labute approximate surface area is 90.9 Å². The van der Waals surface area contributed by atoms with Crippen LogP contribution in [-0.2, 0) is 9.47 Å². The third-order valence-corrected chi connectivity index (χ3v) is 2.92. The van der Waals surface area contributed by atoms with Crippen LogP contribution in [0.15, 0.2) is 0 Å². The number of amides is 2. The molecule has 2 amide bonds. The minimum atomic E-state index is -0.497. The Kier molecular flexibility index (Phi) is 3.93. The molecule has 88 valence electrons. The average molecular weight is 216 g/mol. The van der Waals surface area contributed by atoms with Gasteiger partial charge in [-0.1, -0.05) is 0 Å². The van der Waals surface area contributed by atoms with Gasteiger partial charge in [-0.05, 0) is 0 Å². The van der Waals surface area contributed by atoms with Gasteiger partial charge in [0.2, 0.25) is 0 Å². The summed E-state index contributed by atoms with van der Waals surface area (Å²) in [5.74, 6) is -0.497. The predicted octanol–water partition coefficient (Wildman–Crippen LogP) is 0.753. The summed E-state index contributed by atoms with van der Waals surface area (Å²) in [6.07, 6.45) is 1.44. The Morgan fingerprint density at radius 2 is 1.67 bits per heavy atom. The number of hydrogen-bond donors (Lipinski definition) is 0. The molecule has 0 aromatic heterocycles. The van der Waals surface area contributed by atoms with Crippen molar-refractivity contribution in [1.82, 2.24) is 9.80 Å². The highest BCUT2D eigenvalue weighted by atomic mass is 16.7. The van der Waals surface area contributed by atoms with Crippen LogP contribution >= 0.6 is 0 Å². The van der Waals surface area contributed by atoms with Gasteiger partial charge < -0.3 is 19.3 Å². The van der Waals surface area contributed by atoms with Gasteiger partial charge in [0.15, 0.2) is 5.79 Å². The van der Waals surface area contributed by atoms with Crippen molar-refractivity contribution in [2.75, 3.05) is 41.4 Å². The first-order valence-corrected chi connectivity index (χ1v) is 5.11. The topological polar surface area (TPSA) is 42.0 Å². The summed E-state index contributed by atoms with van der Waals surface area (Å²) in [7, 11) is 6.81. The molecule has 1 saturated heterocycles. The molecule has 0 aromatic carbocycles. The number of urea groups is 1. The quantitative estimate of drug-likeness (QED) is 0.640. The van der Waals surface area contributed by atoms with Crippen molar-refractivity contribution >= 4 is 6.03 Å². The second kappa shape index (κ2) is 4.81. The molecule has 5 heteroatoms. The fraction of sp³-hybridized carbons (Fsp3) is 0.900. The number of rotatable bonds is 2. The van der Waals surface area contributed by atoms with Crippen LogP contribution in [-0.4, -0.2) is 63.0 Å². The normalized spacial score (nSPS) is 20.1. The molecule has 1 fully saturated rings. The first-order chi connectivity index (χ1) is 7.04. The van der Waals surface area contributed by atoms with E-state index < -0.39 is 5.79 Å². The van der Waals surface area contributed by atoms with E-state index in [-0.39, 0.29) is 6.03 Å². The first-order valence-electron chi connectivity index (χ1n) is 5.11. The summed E-state index contributed by atoms with van der Waals surface area (Å²) in [6, 6.07) is 0.0517. The van der Waals surface area contributed by atoms with E-state index in [1.807, 2.05) is 4.90 Å². The number of piperidine rings is 1. The summed E-state index contributed by atoms with van der Waals surface area (Å²) in [5, 5.41) is 0. The Bertz CT molecular complexity index is 217. The number of methoxy groups -OCH3 is 2. The second-order valence-corrected chi connectivity index (χ2v) is 3.98. The van der Waals surface area contributed by atoms with E-state index in [1.54, 1.807) is 33.2 Å². The third kappa shape index (κ3) is 2.60. The lowest BCUT2D eigenvalue weighted by molar-refractivity contribution is -0.226. The lowest BCUT2D eigenvalue weighted by atomic mass is 10.0. The van der Waals surface area contributed by atoms with Crippen molar-refractivity contribution in [1.29, 1.82) is 0 Å². The van der Waals surface area contributed by atoms with Gasteiger partial charge in [-0.15, -0.1) is 0 Å². The summed E-state index contributed by atoms with van der Waals surface area (Å²) in [6.45, 7) is 1.36. The molecular formula is C10H20N2O3. The van der Waals surface area contributed by atoms with E-state index in [4.69, 9.17) is 9.47 Å². The highest BCUT2D eigenvalue weighted by molar-refractivity contribution is 5.73. The number of nitrogens with zero attached hydrogens (tertiary/aromatic N) is 2. The number of likely N-dealkylation sites (tertiary alicyclic amines) is 1. The molecule has 0 bridgehead atoms. The fourth-order valence-corrected chi connectivity index (χ4v) is 1.81. The van der Waals surface area contributed by atoms with Gasteiger partial charge in [0.25, 0.3) is 0 Å². The Morgan fingerprint density at radius 3 is 2.00 bits per heavy atom. The van der Waals surface area contributed by atoms with Crippen LogP contribution in [0, 0.1) is 0 Å². The van der Waals surface area contributed by atoms with Crippen molar-refractivity contribution in [3.63, 3.8) is 0 Å². The number of carbonyl (C=O) groups excluding carboxylic acids is 1. The summed E-state index contributed by atoms with van der Waals surface area (Å²) in [4.78, 5) is 15.1. The van der Waals surface area contributed by atoms with Gasteiger partial charge in [-0.3, -0.25) is 0 Å². The molecule has 1 rings (SSSR count). The number of hydrogen-bond acceptors (Lipinski definition) is 3. The molecule has 0 aromatic rings. The van der Waals surface area contributed by atoms with Crippen LogP contribution in [0.2, 0.25) is 0 Å². The zero-order chi connectivity index (χ0) is 11.5. The maximum Gasteiger partial charge on any atom is 0.319 e. The van der Waals surface area contributed by atoms with Crippen LogP contribution in [0.25, 0.3) is 0 Å². The maximum atomic E-state index is 11.7. The van der Waals surface area contributed by atoms with Crippen molar-refractivity contribution in [3.8, 4) is 0 Å². The monoisotopic (exact) mass is 216 g/mol. The number of ether oxygens (including phenoxy) is 2. The molecule has 5 nitrogen and oxygen atoms in total. The summed E-state index contributed by atoms with van der Waals surface area (Å²) < 4.78 is 10.7. The Morgan fingerprint density at radius 1 is 1.20 bits per heavy atom. The van der Waals surface area contributed by atoms with Gasteiger partial charge in [0.1, 0.15) is 0 Å². The highest BCUT2D eigenvalue weighted by Crippen LogP contribution is 2.26. The van der Waals surface area contributed by atoms with E-state index >= 15 is 0 Å². The molecule has 1 aliphatic rings. The zero-order valence-corrected chi connectivity index (χ0v) is 9.95. The summed E-state index contributed by atoms with van der Waals surface area (Å²) >= 11 is 0. The van der Waals surface area contributed by atoms with Crippen LogP contribution < -0.4 is 0 Å². The smallest absolute Gasteiger partial charge is 0.319 e. The molecule has 0 radical (unpaired) electrons. The van der Waals surface area contributed by atoms with Crippen LogP contribution in [0.5, 0.6) is 0 Å². The first kappa shape index (κ1) is 12.3. The third-order valence-electron chi connectivity index (χ3n) is 2.92. The molecule has 15 heavy (non-hydrogen) atoms. The lowest BCUT2D eigenvalue weighted by Gasteiger charge is -2.40. The van der Waals surface area contributed by atoms with Crippen LogP contribution in [0.1, 0.15) is 12.8 Å². The molecule has 1 heterocycles. The van der Waals surface area contributed by atoms with Crippen molar-refractivity contribution < 1.29 is 14.3 Å². The molecule has 0 saturated carbocycles. The lowest BCUT2D eigenvalue weighted by Crippen LogP contribution is -2.51. The molecule has 0 N–H and O–H groups in total. The SMILES string of the molecule is COC1(OC)CCN(C(=O)N(C)C)CC1. The minimum absolute atomic E-state index is 0.0517. The van der Waals surface area contributed by atoms with E-state index in [9.17, 15) is 4.79 Å². The van der Waals surface area contributed by atoms with Crippen molar-refractivity contribution in [3.05, 3.63) is 0 Å². The van der Waals surface area contributed by atoms with Gasteiger partial charge >= 0.3 is 6.03 Å². The average Bonchev–Trinajstić information content (AvgIpc) is 2.28. The fourth-order valence-electron chi connectivity index (χ4n) is 1.81. The van der Waals surface area contributed by atoms with Crippen molar-refractivity contribution in [2.45, 2.75) is 18.6 Å². The van der Waals surface area contributed by atoms with E-state index in [0.29, 0.717) is 13.1 Å².